The molecule has 108 valence electrons. The molecule has 0 amide bonds. The zero-order valence-electron chi connectivity index (χ0n) is 11.1. The summed E-state index contributed by atoms with van der Waals surface area (Å²) in [5.41, 5.74) is 0.209. The van der Waals surface area contributed by atoms with Crippen molar-refractivity contribution < 1.29 is 19.6 Å². The molecule has 1 unspecified atom stereocenters. The third-order valence-corrected chi connectivity index (χ3v) is 3.48. The van der Waals surface area contributed by atoms with E-state index in [1.54, 1.807) is 17.0 Å². The molecule has 2 rings (SSSR count). The Labute approximate surface area is 115 Å². The lowest BCUT2D eigenvalue weighted by Crippen LogP contribution is -2.45. The summed E-state index contributed by atoms with van der Waals surface area (Å²) in [6.45, 7) is 0.504. The predicted molar refractivity (Wildman–Crippen MR) is 72.3 cm³/mol. The number of nitrogens with zero attached hydrogens (tertiary/aromatic N) is 2. The van der Waals surface area contributed by atoms with Gasteiger partial charge in [-0.2, -0.15) is 0 Å². The summed E-state index contributed by atoms with van der Waals surface area (Å²) in [6.07, 6.45) is 2.14. The van der Waals surface area contributed by atoms with Crippen LogP contribution in [-0.2, 0) is 4.79 Å². The maximum absolute atomic E-state index is 11.3. The van der Waals surface area contributed by atoms with Gasteiger partial charge in [0, 0.05) is 6.54 Å². The molecule has 0 radical (unpaired) electrons. The molecular formula is C13H16N2O5. The van der Waals surface area contributed by atoms with Crippen LogP contribution in [0, 0.1) is 10.1 Å². The summed E-state index contributed by atoms with van der Waals surface area (Å²) in [5, 5.41) is 20.4. The highest BCUT2D eigenvalue weighted by atomic mass is 16.6. The van der Waals surface area contributed by atoms with Crippen LogP contribution in [0.15, 0.2) is 18.2 Å². The van der Waals surface area contributed by atoms with Crippen LogP contribution < -0.4 is 9.64 Å². The summed E-state index contributed by atoms with van der Waals surface area (Å²) in [4.78, 5) is 23.6. The number of benzene rings is 1. The molecule has 7 nitrogen and oxygen atoms in total. The Morgan fingerprint density at radius 3 is 2.85 bits per heavy atom. The van der Waals surface area contributed by atoms with Crippen molar-refractivity contribution in [3.8, 4) is 5.75 Å². The fourth-order valence-corrected chi connectivity index (χ4v) is 2.50. The van der Waals surface area contributed by atoms with Crippen molar-refractivity contribution in [2.75, 3.05) is 18.6 Å². The first-order valence-corrected chi connectivity index (χ1v) is 6.36. The predicted octanol–water partition coefficient (Wildman–Crippen LogP) is 2.05. The average Bonchev–Trinajstić information content (AvgIpc) is 2.46. The number of anilines is 1. The van der Waals surface area contributed by atoms with Crippen molar-refractivity contribution in [3.63, 3.8) is 0 Å². The van der Waals surface area contributed by atoms with E-state index in [2.05, 4.69) is 0 Å². The molecule has 1 atom stereocenters. The van der Waals surface area contributed by atoms with Crippen LogP contribution in [0.25, 0.3) is 0 Å². The zero-order chi connectivity index (χ0) is 14.7. The van der Waals surface area contributed by atoms with Gasteiger partial charge in [0.15, 0.2) is 0 Å². The van der Waals surface area contributed by atoms with Crippen LogP contribution in [0.4, 0.5) is 11.4 Å². The highest BCUT2D eigenvalue weighted by Gasteiger charge is 2.32. The van der Waals surface area contributed by atoms with Gasteiger partial charge in [-0.15, -0.1) is 0 Å². The van der Waals surface area contributed by atoms with E-state index in [0.717, 1.165) is 12.8 Å². The standard InChI is InChI=1S/C13H16N2O5/c1-20-9-5-6-10(12(8-9)15(18)19)14-7-3-2-4-11(14)13(16)17/h5-6,8,11H,2-4,7H2,1H3,(H,16,17). The van der Waals surface area contributed by atoms with E-state index in [4.69, 9.17) is 4.74 Å². The molecule has 0 spiro atoms. The number of piperidine rings is 1. The van der Waals surface area contributed by atoms with Gasteiger partial charge in [0.1, 0.15) is 17.5 Å². The molecule has 20 heavy (non-hydrogen) atoms. The molecule has 0 bridgehead atoms. The lowest BCUT2D eigenvalue weighted by molar-refractivity contribution is -0.384. The third-order valence-electron chi connectivity index (χ3n) is 3.48. The highest BCUT2D eigenvalue weighted by molar-refractivity contribution is 5.80. The van der Waals surface area contributed by atoms with Crippen molar-refractivity contribution in [2.45, 2.75) is 25.3 Å². The Balaban J connectivity index is 2.44. The summed E-state index contributed by atoms with van der Waals surface area (Å²) < 4.78 is 4.98. The number of nitro benzene ring substituents is 1. The number of nitro groups is 1. The minimum atomic E-state index is -0.949. The van der Waals surface area contributed by atoms with E-state index >= 15 is 0 Å². The number of ether oxygens (including phenoxy) is 1. The second kappa shape index (κ2) is 5.77. The van der Waals surface area contributed by atoms with Crippen molar-refractivity contribution >= 4 is 17.3 Å². The van der Waals surface area contributed by atoms with Gasteiger partial charge >= 0.3 is 5.97 Å². The van der Waals surface area contributed by atoms with Gasteiger partial charge < -0.3 is 14.7 Å². The van der Waals surface area contributed by atoms with E-state index in [1.807, 2.05) is 0 Å². The van der Waals surface area contributed by atoms with Gasteiger partial charge in [-0.1, -0.05) is 0 Å². The minimum Gasteiger partial charge on any atom is -0.496 e. The SMILES string of the molecule is COc1ccc(N2CCCCC2C(=O)O)c([N+](=O)[O-])c1. The molecule has 1 N–H and O–H groups in total. The Morgan fingerprint density at radius 2 is 2.25 bits per heavy atom. The number of carboxylic acid groups (broad SMARTS) is 1. The third kappa shape index (κ3) is 2.66. The highest BCUT2D eigenvalue weighted by Crippen LogP contribution is 2.35. The number of rotatable bonds is 4. The summed E-state index contributed by atoms with van der Waals surface area (Å²) in [5.74, 6) is -0.570. The fraction of sp³-hybridized carbons (Fsp3) is 0.462. The van der Waals surface area contributed by atoms with E-state index in [-0.39, 0.29) is 5.69 Å². The fourth-order valence-electron chi connectivity index (χ4n) is 2.50. The van der Waals surface area contributed by atoms with Gasteiger partial charge in [0.2, 0.25) is 0 Å². The summed E-state index contributed by atoms with van der Waals surface area (Å²) in [6, 6.07) is 3.77. The maximum atomic E-state index is 11.3. The van der Waals surface area contributed by atoms with E-state index in [1.165, 1.54) is 13.2 Å². The first-order valence-electron chi connectivity index (χ1n) is 6.36. The number of aliphatic carboxylic acids is 1. The van der Waals surface area contributed by atoms with Crippen LogP contribution in [0.2, 0.25) is 0 Å². The number of hydrogen-bond donors (Lipinski definition) is 1. The minimum absolute atomic E-state index is 0.127. The first-order chi connectivity index (χ1) is 9.54. The Kier molecular flexibility index (Phi) is 4.07. The molecule has 1 aliphatic rings. The normalized spacial score (nSPS) is 18.6. The second-order valence-corrected chi connectivity index (χ2v) is 4.65. The van der Waals surface area contributed by atoms with Gasteiger partial charge in [0.25, 0.3) is 5.69 Å². The molecule has 1 aromatic carbocycles. The summed E-state index contributed by atoms with van der Waals surface area (Å²) >= 11 is 0. The van der Waals surface area contributed by atoms with Crippen LogP contribution in [-0.4, -0.2) is 35.7 Å². The molecule has 1 aromatic rings. The Bertz CT molecular complexity index is 531. The van der Waals surface area contributed by atoms with Crippen molar-refractivity contribution in [3.05, 3.63) is 28.3 Å². The largest absolute Gasteiger partial charge is 0.496 e. The number of methoxy groups -OCH3 is 1. The molecule has 1 heterocycles. The van der Waals surface area contributed by atoms with Crippen LogP contribution in [0.3, 0.4) is 0 Å². The molecule has 0 saturated carbocycles. The van der Waals surface area contributed by atoms with E-state index in [0.29, 0.717) is 24.4 Å². The van der Waals surface area contributed by atoms with Crippen LogP contribution >= 0.6 is 0 Å². The second-order valence-electron chi connectivity index (χ2n) is 4.65. The van der Waals surface area contributed by atoms with Crippen molar-refractivity contribution in [2.24, 2.45) is 0 Å². The summed E-state index contributed by atoms with van der Waals surface area (Å²) in [7, 11) is 1.43. The van der Waals surface area contributed by atoms with Crippen LogP contribution in [0.1, 0.15) is 19.3 Å². The molecule has 7 heteroatoms. The van der Waals surface area contributed by atoms with Crippen molar-refractivity contribution in [1.29, 1.82) is 0 Å². The van der Waals surface area contributed by atoms with Gasteiger partial charge in [-0.3, -0.25) is 10.1 Å². The van der Waals surface area contributed by atoms with Gasteiger partial charge in [0.05, 0.1) is 18.1 Å². The maximum Gasteiger partial charge on any atom is 0.326 e. The topological polar surface area (TPSA) is 92.9 Å². The number of carbonyl (C=O) groups is 1. The molecule has 0 aromatic heterocycles. The number of hydrogen-bond acceptors (Lipinski definition) is 5. The van der Waals surface area contributed by atoms with E-state index < -0.39 is 16.9 Å². The quantitative estimate of drug-likeness (QED) is 0.670. The molecule has 1 aliphatic heterocycles. The lowest BCUT2D eigenvalue weighted by atomic mass is 10.0. The monoisotopic (exact) mass is 280 g/mol. The lowest BCUT2D eigenvalue weighted by Gasteiger charge is -2.34. The van der Waals surface area contributed by atoms with E-state index in [9.17, 15) is 20.0 Å². The van der Waals surface area contributed by atoms with Crippen LogP contribution in [0.5, 0.6) is 5.75 Å². The zero-order valence-corrected chi connectivity index (χ0v) is 11.1. The molecule has 1 fully saturated rings. The van der Waals surface area contributed by atoms with Crippen molar-refractivity contribution in [1.82, 2.24) is 0 Å². The molecular weight excluding hydrogens is 264 g/mol. The van der Waals surface area contributed by atoms with Gasteiger partial charge in [-0.25, -0.2) is 4.79 Å². The number of carboxylic acids is 1. The average molecular weight is 280 g/mol. The molecule has 1 saturated heterocycles. The Hall–Kier alpha value is -2.31. The first kappa shape index (κ1) is 14.1. The smallest absolute Gasteiger partial charge is 0.326 e. The van der Waals surface area contributed by atoms with Gasteiger partial charge in [-0.05, 0) is 31.4 Å². The Morgan fingerprint density at radius 1 is 1.50 bits per heavy atom. The molecule has 0 aliphatic carbocycles.